The zero-order valence-electron chi connectivity index (χ0n) is 16.9. The van der Waals surface area contributed by atoms with E-state index in [9.17, 15) is 0 Å². The molecule has 0 radical (unpaired) electrons. The Balaban J connectivity index is 1.47. The third kappa shape index (κ3) is 4.16. The van der Waals surface area contributed by atoms with E-state index in [1.54, 1.807) is 14.2 Å². The number of ether oxygens (including phenoxy) is 2. The predicted molar refractivity (Wildman–Crippen MR) is 114 cm³/mol. The van der Waals surface area contributed by atoms with Gasteiger partial charge in [0.25, 0.3) is 5.89 Å². The van der Waals surface area contributed by atoms with E-state index in [2.05, 4.69) is 31.8 Å². The average Bonchev–Trinajstić information content (AvgIpc) is 3.44. The Morgan fingerprint density at radius 2 is 1.53 bits per heavy atom. The molecule has 0 aliphatic rings. The van der Waals surface area contributed by atoms with Crippen LogP contribution in [0, 0.1) is 0 Å². The molecule has 4 aromatic rings. The van der Waals surface area contributed by atoms with Crippen molar-refractivity contribution in [3.8, 4) is 34.3 Å². The molecule has 9 heteroatoms. The Morgan fingerprint density at radius 3 is 2.13 bits per heavy atom. The van der Waals surface area contributed by atoms with Crippen LogP contribution in [-0.2, 0) is 12.3 Å². The molecule has 8 nitrogen and oxygen atoms in total. The maximum absolute atomic E-state index is 5.40. The number of rotatable bonds is 8. The molecule has 0 N–H and O–H groups in total. The molecule has 30 heavy (non-hydrogen) atoms. The van der Waals surface area contributed by atoms with Crippen molar-refractivity contribution >= 4 is 11.8 Å². The first-order valence-corrected chi connectivity index (χ1v) is 10.4. The largest absolute Gasteiger partial charge is 0.497 e. The standard InChI is InChI=1S/C21H21N5O3S/c1-4-26-19(14-5-9-16(27-2)10-6-14)23-24-21(26)30-13-18-22-20(29-25-18)15-7-11-17(28-3)12-8-15/h5-12H,4,13H2,1-3H3. The van der Waals surface area contributed by atoms with Gasteiger partial charge < -0.3 is 18.6 Å². The second-order valence-electron chi connectivity index (χ2n) is 6.31. The molecule has 0 saturated carbocycles. The van der Waals surface area contributed by atoms with Crippen molar-refractivity contribution in [1.82, 2.24) is 24.9 Å². The molecule has 2 aromatic heterocycles. The van der Waals surface area contributed by atoms with Gasteiger partial charge in [0, 0.05) is 17.7 Å². The normalized spacial score (nSPS) is 10.9. The van der Waals surface area contributed by atoms with Crippen LogP contribution in [-0.4, -0.2) is 39.1 Å². The smallest absolute Gasteiger partial charge is 0.257 e. The lowest BCUT2D eigenvalue weighted by Gasteiger charge is -2.07. The van der Waals surface area contributed by atoms with Gasteiger partial charge in [-0.2, -0.15) is 4.98 Å². The summed E-state index contributed by atoms with van der Waals surface area (Å²) in [7, 11) is 3.28. The summed E-state index contributed by atoms with van der Waals surface area (Å²) in [5.41, 5.74) is 1.83. The van der Waals surface area contributed by atoms with Crippen molar-refractivity contribution < 1.29 is 14.0 Å². The summed E-state index contributed by atoms with van der Waals surface area (Å²) >= 11 is 1.52. The molecule has 0 amide bonds. The van der Waals surface area contributed by atoms with Crippen LogP contribution in [0.3, 0.4) is 0 Å². The van der Waals surface area contributed by atoms with Crippen LogP contribution >= 0.6 is 11.8 Å². The molecule has 0 unspecified atom stereocenters. The highest BCUT2D eigenvalue weighted by Crippen LogP contribution is 2.28. The van der Waals surface area contributed by atoms with Crippen LogP contribution in [0.5, 0.6) is 11.5 Å². The zero-order chi connectivity index (χ0) is 20.9. The SMILES string of the molecule is CCn1c(SCc2noc(-c3ccc(OC)cc3)n2)nnc1-c1ccc(OC)cc1. The van der Waals surface area contributed by atoms with E-state index in [0.717, 1.165) is 40.2 Å². The third-order valence-electron chi connectivity index (χ3n) is 4.52. The molecular weight excluding hydrogens is 402 g/mol. The van der Waals surface area contributed by atoms with Crippen LogP contribution in [0.15, 0.2) is 58.2 Å². The first-order valence-electron chi connectivity index (χ1n) is 9.39. The average molecular weight is 423 g/mol. The molecule has 0 atom stereocenters. The van der Waals surface area contributed by atoms with E-state index in [4.69, 9.17) is 14.0 Å². The molecule has 0 aliphatic carbocycles. The monoisotopic (exact) mass is 423 g/mol. The molecular formula is C21H21N5O3S. The highest BCUT2D eigenvalue weighted by atomic mass is 32.2. The number of nitrogens with zero attached hydrogens (tertiary/aromatic N) is 5. The van der Waals surface area contributed by atoms with Crippen molar-refractivity contribution in [2.24, 2.45) is 0 Å². The number of hydrogen-bond donors (Lipinski definition) is 0. The quantitative estimate of drug-likeness (QED) is 0.387. The molecule has 0 aliphatic heterocycles. The number of methoxy groups -OCH3 is 2. The molecule has 0 bridgehead atoms. The van der Waals surface area contributed by atoms with Crippen LogP contribution in [0.2, 0.25) is 0 Å². The van der Waals surface area contributed by atoms with Gasteiger partial charge in [0.2, 0.25) is 0 Å². The van der Waals surface area contributed by atoms with Crippen LogP contribution in [0.4, 0.5) is 0 Å². The van der Waals surface area contributed by atoms with Gasteiger partial charge in [0.05, 0.1) is 20.0 Å². The summed E-state index contributed by atoms with van der Waals surface area (Å²) in [6, 6.07) is 15.3. The number of benzene rings is 2. The van der Waals surface area contributed by atoms with Gasteiger partial charge in [-0.3, -0.25) is 0 Å². The van der Waals surface area contributed by atoms with E-state index < -0.39 is 0 Å². The molecule has 154 valence electrons. The molecule has 0 spiro atoms. The molecule has 0 saturated heterocycles. The van der Waals surface area contributed by atoms with Gasteiger partial charge >= 0.3 is 0 Å². The zero-order valence-corrected chi connectivity index (χ0v) is 17.7. The molecule has 2 aromatic carbocycles. The topological polar surface area (TPSA) is 88.1 Å². The summed E-state index contributed by atoms with van der Waals surface area (Å²) in [5.74, 6) is 4.00. The van der Waals surface area contributed by atoms with Gasteiger partial charge in [-0.25, -0.2) is 0 Å². The van der Waals surface area contributed by atoms with Gasteiger partial charge in [-0.05, 0) is 55.5 Å². The minimum atomic E-state index is 0.476. The van der Waals surface area contributed by atoms with E-state index in [1.807, 2.05) is 48.5 Å². The fraction of sp³-hybridized carbons (Fsp3) is 0.238. The highest BCUT2D eigenvalue weighted by Gasteiger charge is 2.15. The van der Waals surface area contributed by atoms with Crippen LogP contribution in [0.25, 0.3) is 22.8 Å². The summed E-state index contributed by atoms with van der Waals surface area (Å²) in [5, 5.41) is 13.6. The van der Waals surface area contributed by atoms with Crippen LogP contribution in [0.1, 0.15) is 12.7 Å². The second kappa shape index (κ2) is 9.00. The Hall–Kier alpha value is -3.33. The highest BCUT2D eigenvalue weighted by molar-refractivity contribution is 7.98. The lowest BCUT2D eigenvalue weighted by molar-refractivity contribution is 0.414. The minimum absolute atomic E-state index is 0.476. The number of hydrogen-bond acceptors (Lipinski definition) is 8. The van der Waals surface area contributed by atoms with Gasteiger partial charge in [-0.15, -0.1) is 10.2 Å². The Morgan fingerprint density at radius 1 is 0.900 bits per heavy atom. The van der Waals surface area contributed by atoms with Gasteiger partial charge in [-0.1, -0.05) is 16.9 Å². The predicted octanol–water partition coefficient (Wildman–Crippen LogP) is 4.32. The summed E-state index contributed by atoms with van der Waals surface area (Å²) in [6.07, 6.45) is 0. The molecule has 2 heterocycles. The lowest BCUT2D eigenvalue weighted by atomic mass is 10.2. The first kappa shape index (κ1) is 20.0. The summed E-state index contributed by atoms with van der Waals surface area (Å²) in [6.45, 7) is 2.82. The van der Waals surface area contributed by atoms with Crippen LogP contribution < -0.4 is 9.47 Å². The Labute approximate surface area is 178 Å². The van der Waals surface area contributed by atoms with Gasteiger partial charge in [0.1, 0.15) is 11.5 Å². The molecule has 0 fully saturated rings. The van der Waals surface area contributed by atoms with Crippen molar-refractivity contribution in [1.29, 1.82) is 0 Å². The van der Waals surface area contributed by atoms with E-state index >= 15 is 0 Å². The van der Waals surface area contributed by atoms with Crippen molar-refractivity contribution in [2.75, 3.05) is 14.2 Å². The fourth-order valence-corrected chi connectivity index (χ4v) is 3.77. The van der Waals surface area contributed by atoms with E-state index in [0.29, 0.717) is 17.5 Å². The van der Waals surface area contributed by atoms with E-state index in [1.165, 1.54) is 11.8 Å². The minimum Gasteiger partial charge on any atom is -0.497 e. The first-order chi connectivity index (χ1) is 14.7. The Kier molecular flexibility index (Phi) is 5.99. The third-order valence-corrected chi connectivity index (χ3v) is 5.48. The second-order valence-corrected chi connectivity index (χ2v) is 7.25. The lowest BCUT2D eigenvalue weighted by Crippen LogP contribution is -2.00. The maximum Gasteiger partial charge on any atom is 0.257 e. The summed E-state index contributed by atoms with van der Waals surface area (Å²) in [4.78, 5) is 4.48. The Bertz CT molecular complexity index is 1110. The van der Waals surface area contributed by atoms with Crippen molar-refractivity contribution in [3.05, 3.63) is 54.4 Å². The van der Waals surface area contributed by atoms with E-state index in [-0.39, 0.29) is 0 Å². The summed E-state index contributed by atoms with van der Waals surface area (Å²) < 4.78 is 17.9. The van der Waals surface area contributed by atoms with Crippen molar-refractivity contribution in [3.63, 3.8) is 0 Å². The van der Waals surface area contributed by atoms with Gasteiger partial charge in [0.15, 0.2) is 16.8 Å². The molecule has 4 rings (SSSR count). The van der Waals surface area contributed by atoms with Crippen molar-refractivity contribution in [2.45, 2.75) is 24.4 Å². The maximum atomic E-state index is 5.40. The number of thioether (sulfide) groups is 1. The number of aromatic nitrogens is 5. The fourth-order valence-electron chi connectivity index (χ4n) is 2.93.